The van der Waals surface area contributed by atoms with Gasteiger partial charge in [0.25, 0.3) is 5.91 Å². The Morgan fingerprint density at radius 2 is 1.70 bits per heavy atom. The van der Waals surface area contributed by atoms with Crippen molar-refractivity contribution < 1.29 is 9.21 Å². The number of anilines is 1. The second-order valence-electron chi connectivity index (χ2n) is 6.20. The molecule has 0 aliphatic carbocycles. The second kappa shape index (κ2) is 6.14. The molecule has 0 aliphatic rings. The maximum atomic E-state index is 13.0. The van der Waals surface area contributed by atoms with Crippen LogP contribution in [-0.4, -0.2) is 15.7 Å². The quantitative estimate of drug-likeness (QED) is 0.495. The SMILES string of the molecule is O=C(Nc1ccccc1-n1cccn1)c1cccc2c1oc1ccccc12. The molecule has 0 radical (unpaired) electrons. The monoisotopic (exact) mass is 353 g/mol. The van der Waals surface area contributed by atoms with Crippen LogP contribution < -0.4 is 5.32 Å². The van der Waals surface area contributed by atoms with Crippen molar-refractivity contribution in [2.75, 3.05) is 5.32 Å². The van der Waals surface area contributed by atoms with Crippen molar-refractivity contribution >= 4 is 33.5 Å². The van der Waals surface area contributed by atoms with Crippen LogP contribution in [0.3, 0.4) is 0 Å². The van der Waals surface area contributed by atoms with E-state index in [1.807, 2.05) is 72.9 Å². The Kier molecular flexibility index (Phi) is 3.50. The first kappa shape index (κ1) is 15.4. The predicted octanol–water partition coefficient (Wildman–Crippen LogP) is 5.02. The van der Waals surface area contributed by atoms with Crippen molar-refractivity contribution in [2.24, 2.45) is 0 Å². The van der Waals surface area contributed by atoms with E-state index in [-0.39, 0.29) is 5.91 Å². The molecule has 0 unspecified atom stereocenters. The number of furan rings is 1. The van der Waals surface area contributed by atoms with Crippen LogP contribution in [-0.2, 0) is 0 Å². The first-order chi connectivity index (χ1) is 13.3. The Balaban J connectivity index is 1.58. The van der Waals surface area contributed by atoms with E-state index in [1.54, 1.807) is 16.9 Å². The molecular weight excluding hydrogens is 338 g/mol. The summed E-state index contributed by atoms with van der Waals surface area (Å²) in [5, 5.41) is 9.17. The maximum absolute atomic E-state index is 13.0. The van der Waals surface area contributed by atoms with E-state index in [9.17, 15) is 4.79 Å². The molecule has 2 aromatic heterocycles. The van der Waals surface area contributed by atoms with Crippen molar-refractivity contribution in [1.82, 2.24) is 9.78 Å². The van der Waals surface area contributed by atoms with Crippen LogP contribution in [0.5, 0.6) is 0 Å². The third-order valence-corrected chi connectivity index (χ3v) is 4.55. The Morgan fingerprint density at radius 1 is 0.889 bits per heavy atom. The molecule has 0 bridgehead atoms. The number of fused-ring (bicyclic) bond motifs is 3. The predicted molar refractivity (Wildman–Crippen MR) is 105 cm³/mol. The van der Waals surface area contributed by atoms with Crippen LogP contribution in [0, 0.1) is 0 Å². The van der Waals surface area contributed by atoms with E-state index in [4.69, 9.17) is 4.42 Å². The fraction of sp³-hybridized carbons (Fsp3) is 0. The van der Waals surface area contributed by atoms with E-state index < -0.39 is 0 Å². The van der Waals surface area contributed by atoms with Gasteiger partial charge in [0, 0.05) is 23.2 Å². The number of rotatable bonds is 3. The van der Waals surface area contributed by atoms with Crippen molar-refractivity contribution in [2.45, 2.75) is 0 Å². The number of carbonyl (C=O) groups excluding carboxylic acids is 1. The minimum atomic E-state index is -0.223. The molecule has 27 heavy (non-hydrogen) atoms. The van der Waals surface area contributed by atoms with Gasteiger partial charge in [0.2, 0.25) is 0 Å². The van der Waals surface area contributed by atoms with E-state index in [1.165, 1.54) is 0 Å². The van der Waals surface area contributed by atoms with E-state index in [2.05, 4.69) is 10.4 Å². The molecule has 2 heterocycles. The molecule has 5 nitrogen and oxygen atoms in total. The van der Waals surface area contributed by atoms with Gasteiger partial charge >= 0.3 is 0 Å². The zero-order chi connectivity index (χ0) is 18.2. The number of aromatic nitrogens is 2. The normalized spacial score (nSPS) is 11.1. The number of benzene rings is 3. The standard InChI is InChI=1S/C22H15N3O2/c26-22(24-18-10-2-3-11-19(18)25-14-6-13-23-25)17-9-5-8-16-15-7-1-4-12-20(15)27-21(16)17/h1-14H,(H,24,26). The molecule has 0 aliphatic heterocycles. The third-order valence-electron chi connectivity index (χ3n) is 4.55. The van der Waals surface area contributed by atoms with Crippen LogP contribution in [0.4, 0.5) is 5.69 Å². The molecule has 3 aromatic carbocycles. The summed E-state index contributed by atoms with van der Waals surface area (Å²) in [4.78, 5) is 13.0. The van der Waals surface area contributed by atoms with Gasteiger partial charge in [-0.25, -0.2) is 4.68 Å². The Bertz CT molecular complexity index is 1270. The summed E-state index contributed by atoms with van der Waals surface area (Å²) in [6.07, 6.45) is 3.54. The fourth-order valence-corrected chi connectivity index (χ4v) is 3.31. The first-order valence-electron chi connectivity index (χ1n) is 8.62. The second-order valence-corrected chi connectivity index (χ2v) is 6.20. The summed E-state index contributed by atoms with van der Waals surface area (Å²) >= 11 is 0. The van der Waals surface area contributed by atoms with Gasteiger partial charge in [-0.1, -0.05) is 42.5 Å². The molecular formula is C22H15N3O2. The number of hydrogen-bond acceptors (Lipinski definition) is 3. The lowest BCUT2D eigenvalue weighted by atomic mass is 10.1. The minimum absolute atomic E-state index is 0.223. The number of amides is 1. The van der Waals surface area contributed by atoms with Crippen molar-refractivity contribution in [3.63, 3.8) is 0 Å². The summed E-state index contributed by atoms with van der Waals surface area (Å²) in [5.74, 6) is -0.223. The zero-order valence-electron chi connectivity index (χ0n) is 14.3. The highest BCUT2D eigenvalue weighted by Crippen LogP contribution is 2.31. The first-order valence-corrected chi connectivity index (χ1v) is 8.62. The van der Waals surface area contributed by atoms with Gasteiger partial charge in [-0.2, -0.15) is 5.10 Å². The molecule has 0 saturated carbocycles. The summed E-state index contributed by atoms with van der Waals surface area (Å²) in [6.45, 7) is 0. The molecule has 0 fully saturated rings. The topological polar surface area (TPSA) is 60.1 Å². The Morgan fingerprint density at radius 3 is 2.59 bits per heavy atom. The summed E-state index contributed by atoms with van der Waals surface area (Å²) < 4.78 is 7.69. The van der Waals surface area contributed by atoms with Crippen LogP contribution in [0.2, 0.25) is 0 Å². The molecule has 0 spiro atoms. The molecule has 5 rings (SSSR count). The van der Waals surface area contributed by atoms with Crippen molar-refractivity contribution in [3.05, 3.63) is 90.8 Å². The number of nitrogens with zero attached hydrogens (tertiary/aromatic N) is 2. The van der Waals surface area contributed by atoms with Gasteiger partial charge < -0.3 is 9.73 Å². The minimum Gasteiger partial charge on any atom is -0.455 e. The highest BCUT2D eigenvalue weighted by molar-refractivity contribution is 6.16. The van der Waals surface area contributed by atoms with Gasteiger partial charge in [-0.15, -0.1) is 0 Å². The fourth-order valence-electron chi connectivity index (χ4n) is 3.31. The van der Waals surface area contributed by atoms with Crippen LogP contribution in [0.1, 0.15) is 10.4 Å². The Labute approximate surface area is 154 Å². The number of hydrogen-bond donors (Lipinski definition) is 1. The number of carbonyl (C=O) groups is 1. The number of nitrogens with one attached hydrogen (secondary N) is 1. The lowest BCUT2D eigenvalue weighted by Crippen LogP contribution is -2.14. The number of para-hydroxylation sites is 4. The van der Waals surface area contributed by atoms with Crippen LogP contribution >= 0.6 is 0 Å². The maximum Gasteiger partial charge on any atom is 0.259 e. The van der Waals surface area contributed by atoms with Gasteiger partial charge in [0.05, 0.1) is 16.9 Å². The smallest absolute Gasteiger partial charge is 0.259 e. The van der Waals surface area contributed by atoms with E-state index >= 15 is 0 Å². The van der Waals surface area contributed by atoms with E-state index in [0.717, 1.165) is 22.0 Å². The van der Waals surface area contributed by atoms with Crippen molar-refractivity contribution in [3.8, 4) is 5.69 Å². The van der Waals surface area contributed by atoms with Crippen LogP contribution in [0.25, 0.3) is 27.6 Å². The summed E-state index contributed by atoms with van der Waals surface area (Å²) in [6, 6.07) is 22.8. The lowest BCUT2D eigenvalue weighted by molar-refractivity contribution is 0.102. The average Bonchev–Trinajstić information content (AvgIpc) is 3.36. The molecule has 5 heteroatoms. The highest BCUT2D eigenvalue weighted by atomic mass is 16.3. The summed E-state index contributed by atoms with van der Waals surface area (Å²) in [7, 11) is 0. The molecule has 130 valence electrons. The molecule has 5 aromatic rings. The van der Waals surface area contributed by atoms with E-state index in [0.29, 0.717) is 16.8 Å². The Hall–Kier alpha value is -3.86. The molecule has 1 amide bonds. The largest absolute Gasteiger partial charge is 0.455 e. The molecule has 0 saturated heterocycles. The lowest BCUT2D eigenvalue weighted by Gasteiger charge is -2.11. The molecule has 1 N–H and O–H groups in total. The van der Waals surface area contributed by atoms with Crippen molar-refractivity contribution in [1.29, 1.82) is 0 Å². The summed E-state index contributed by atoms with van der Waals surface area (Å²) in [5.41, 5.74) is 3.34. The van der Waals surface area contributed by atoms with Gasteiger partial charge in [-0.3, -0.25) is 4.79 Å². The average molecular weight is 353 g/mol. The van der Waals surface area contributed by atoms with Crippen LogP contribution in [0.15, 0.2) is 89.6 Å². The molecule has 0 atom stereocenters. The van der Waals surface area contributed by atoms with Gasteiger partial charge in [0.1, 0.15) is 11.2 Å². The van der Waals surface area contributed by atoms with Gasteiger partial charge in [0.15, 0.2) is 0 Å². The highest BCUT2D eigenvalue weighted by Gasteiger charge is 2.17. The van der Waals surface area contributed by atoms with Gasteiger partial charge in [-0.05, 0) is 30.3 Å². The zero-order valence-corrected chi connectivity index (χ0v) is 14.3. The third kappa shape index (κ3) is 2.57.